The predicted molar refractivity (Wildman–Crippen MR) is 143 cm³/mol. The molecule has 0 bridgehead atoms. The third-order valence-electron chi connectivity index (χ3n) is 6.12. The molecule has 0 radical (unpaired) electrons. The van der Waals surface area contributed by atoms with Gasteiger partial charge in [-0.15, -0.1) is 0 Å². The van der Waals surface area contributed by atoms with Crippen LogP contribution in [0.15, 0.2) is 101 Å². The first-order valence-electron chi connectivity index (χ1n) is 11.9. The van der Waals surface area contributed by atoms with Crippen molar-refractivity contribution in [3.05, 3.63) is 114 Å². The molecule has 2 amide bonds. The molecule has 38 heavy (non-hydrogen) atoms. The lowest BCUT2D eigenvalue weighted by Gasteiger charge is -2.33. The summed E-state index contributed by atoms with van der Waals surface area (Å²) in [6.07, 6.45) is 4.57. The lowest BCUT2D eigenvalue weighted by atomic mass is 10.0. The minimum absolute atomic E-state index is 0.0351. The lowest BCUT2D eigenvalue weighted by molar-refractivity contribution is -0.126. The molecular formula is C28H28N4O5S. The van der Waals surface area contributed by atoms with Crippen molar-refractivity contribution in [3.63, 3.8) is 0 Å². The number of hydrogen-bond donors (Lipinski definition) is 2. The number of carbonyl (C=O) groups excluding carboxylic acids is 2. The molecule has 0 fully saturated rings. The number of rotatable bonds is 10. The lowest BCUT2D eigenvalue weighted by Crippen LogP contribution is -2.47. The van der Waals surface area contributed by atoms with Crippen LogP contribution < -0.4 is 14.9 Å². The van der Waals surface area contributed by atoms with Crippen molar-refractivity contribution in [2.75, 3.05) is 11.4 Å². The maximum Gasteiger partial charge on any atom is 0.248 e. The third-order valence-corrected chi connectivity index (χ3v) is 7.53. The maximum atomic E-state index is 13.8. The average Bonchev–Trinajstić information content (AvgIpc) is 3.46. The summed E-state index contributed by atoms with van der Waals surface area (Å²) in [5.74, 6) is -0.520. The fraction of sp³-hybridized carbons (Fsp3) is 0.179. The fourth-order valence-electron chi connectivity index (χ4n) is 3.99. The van der Waals surface area contributed by atoms with E-state index in [0.717, 1.165) is 11.1 Å². The van der Waals surface area contributed by atoms with Gasteiger partial charge in [0, 0.05) is 18.1 Å². The van der Waals surface area contributed by atoms with Crippen molar-refractivity contribution >= 4 is 27.5 Å². The minimum atomic E-state index is -3.96. The molecule has 0 aliphatic heterocycles. The summed E-state index contributed by atoms with van der Waals surface area (Å²) < 4.78 is 33.4. The van der Waals surface area contributed by atoms with E-state index in [1.807, 2.05) is 19.9 Å². The average molecular weight is 533 g/mol. The molecule has 1 atom stereocenters. The Morgan fingerprint density at radius 3 is 2.37 bits per heavy atom. The summed E-state index contributed by atoms with van der Waals surface area (Å²) in [7, 11) is -3.96. The molecule has 2 aromatic carbocycles. The monoisotopic (exact) mass is 532 g/mol. The molecule has 196 valence electrons. The van der Waals surface area contributed by atoms with Gasteiger partial charge in [0.1, 0.15) is 11.8 Å². The van der Waals surface area contributed by atoms with Crippen molar-refractivity contribution in [3.8, 4) is 0 Å². The summed E-state index contributed by atoms with van der Waals surface area (Å²) in [6, 6.07) is 18.8. The Kier molecular flexibility index (Phi) is 8.35. The molecule has 0 saturated heterocycles. The Labute approximate surface area is 221 Å². The van der Waals surface area contributed by atoms with Gasteiger partial charge in [0.05, 0.1) is 24.2 Å². The number of nitrogens with one attached hydrogen (secondary N) is 2. The van der Waals surface area contributed by atoms with Crippen LogP contribution in [0.25, 0.3) is 0 Å². The summed E-state index contributed by atoms with van der Waals surface area (Å²) in [5, 5.41) is 2.84. The molecular weight excluding hydrogens is 504 g/mol. The second-order valence-corrected chi connectivity index (χ2v) is 10.4. The van der Waals surface area contributed by atoms with Gasteiger partial charge in [0.25, 0.3) is 0 Å². The molecule has 0 aliphatic rings. The van der Waals surface area contributed by atoms with Gasteiger partial charge < -0.3 is 9.73 Å². The van der Waals surface area contributed by atoms with Crippen LogP contribution in [-0.4, -0.2) is 31.8 Å². The molecule has 0 aliphatic carbocycles. The quantitative estimate of drug-likeness (QED) is 0.322. The van der Waals surface area contributed by atoms with Gasteiger partial charge in [-0.25, -0.2) is 13.1 Å². The van der Waals surface area contributed by atoms with Crippen molar-refractivity contribution in [1.29, 1.82) is 0 Å². The van der Waals surface area contributed by atoms with Crippen molar-refractivity contribution in [1.82, 2.24) is 15.0 Å². The highest BCUT2D eigenvalue weighted by Gasteiger charge is 2.34. The van der Waals surface area contributed by atoms with E-state index in [1.54, 1.807) is 54.6 Å². The standard InChI is InChI=1S/C28H28N4O5S/c1-20-8-6-12-25(21(20)2)32(26(33)19-31-38(35,36)24-10-4-3-5-11-24)27(22-13-15-29-16-14-22)28(34)30-18-23-9-7-17-37-23/h3-17,27,31H,18-19H2,1-2H3,(H,30,34)/t27-/m0/s1. The van der Waals surface area contributed by atoms with E-state index in [-0.39, 0.29) is 11.4 Å². The Morgan fingerprint density at radius 1 is 0.947 bits per heavy atom. The summed E-state index contributed by atoms with van der Waals surface area (Å²) in [6.45, 7) is 3.31. The van der Waals surface area contributed by atoms with E-state index in [4.69, 9.17) is 4.42 Å². The van der Waals surface area contributed by atoms with E-state index in [2.05, 4.69) is 15.0 Å². The van der Waals surface area contributed by atoms with Gasteiger partial charge in [-0.1, -0.05) is 30.3 Å². The molecule has 4 rings (SSSR count). The number of aromatic nitrogens is 1. The number of amides is 2. The first-order chi connectivity index (χ1) is 18.3. The number of carbonyl (C=O) groups is 2. The number of anilines is 1. The zero-order valence-electron chi connectivity index (χ0n) is 21.0. The zero-order valence-corrected chi connectivity index (χ0v) is 21.8. The molecule has 2 N–H and O–H groups in total. The number of pyridine rings is 1. The highest BCUT2D eigenvalue weighted by molar-refractivity contribution is 7.89. The van der Waals surface area contributed by atoms with Crippen molar-refractivity contribution in [2.24, 2.45) is 0 Å². The van der Waals surface area contributed by atoms with Gasteiger partial charge >= 0.3 is 0 Å². The number of sulfonamides is 1. The van der Waals surface area contributed by atoms with Gasteiger partial charge in [-0.2, -0.15) is 0 Å². The van der Waals surface area contributed by atoms with Crippen LogP contribution in [0.1, 0.15) is 28.5 Å². The van der Waals surface area contributed by atoms with Crippen LogP contribution in [0.5, 0.6) is 0 Å². The van der Waals surface area contributed by atoms with E-state index in [0.29, 0.717) is 17.0 Å². The van der Waals surface area contributed by atoms with Crippen LogP contribution in [0.3, 0.4) is 0 Å². The largest absolute Gasteiger partial charge is 0.467 e. The molecule has 9 nitrogen and oxygen atoms in total. The van der Waals surface area contributed by atoms with E-state index in [9.17, 15) is 18.0 Å². The second kappa shape index (κ2) is 11.8. The highest BCUT2D eigenvalue weighted by atomic mass is 32.2. The van der Waals surface area contributed by atoms with Gasteiger partial charge in [0.2, 0.25) is 21.8 Å². The third kappa shape index (κ3) is 6.16. The fourth-order valence-corrected chi connectivity index (χ4v) is 4.98. The Bertz CT molecular complexity index is 1490. The second-order valence-electron chi connectivity index (χ2n) is 8.60. The van der Waals surface area contributed by atoms with Crippen LogP contribution in [0, 0.1) is 13.8 Å². The Morgan fingerprint density at radius 2 is 1.68 bits per heavy atom. The maximum absolute atomic E-state index is 13.8. The van der Waals surface area contributed by atoms with E-state index in [1.165, 1.54) is 35.7 Å². The first-order valence-corrected chi connectivity index (χ1v) is 13.4. The Balaban J connectivity index is 1.72. The van der Waals surface area contributed by atoms with Crippen molar-refractivity contribution in [2.45, 2.75) is 31.3 Å². The smallest absolute Gasteiger partial charge is 0.248 e. The SMILES string of the molecule is Cc1cccc(N(C(=O)CNS(=O)(=O)c2ccccc2)[C@H](C(=O)NCc2ccco2)c2ccncc2)c1C. The van der Waals surface area contributed by atoms with E-state index < -0.39 is 34.4 Å². The molecule has 0 saturated carbocycles. The first kappa shape index (κ1) is 26.8. The molecule has 10 heteroatoms. The molecule has 2 heterocycles. The number of benzene rings is 2. The van der Waals surface area contributed by atoms with Gasteiger partial charge in [-0.05, 0) is 73.0 Å². The van der Waals surface area contributed by atoms with Gasteiger partial charge in [0.15, 0.2) is 0 Å². The Hall–Kier alpha value is -4.28. The zero-order chi connectivity index (χ0) is 27.1. The van der Waals surface area contributed by atoms with Gasteiger partial charge in [-0.3, -0.25) is 19.5 Å². The minimum Gasteiger partial charge on any atom is -0.467 e. The molecule has 0 spiro atoms. The van der Waals surface area contributed by atoms with Crippen LogP contribution in [0.4, 0.5) is 5.69 Å². The summed E-state index contributed by atoms with van der Waals surface area (Å²) in [5.41, 5.74) is 2.69. The van der Waals surface area contributed by atoms with Crippen LogP contribution in [-0.2, 0) is 26.2 Å². The van der Waals surface area contributed by atoms with Crippen LogP contribution >= 0.6 is 0 Å². The number of furan rings is 1. The number of hydrogen-bond acceptors (Lipinski definition) is 6. The van der Waals surface area contributed by atoms with E-state index >= 15 is 0 Å². The normalized spacial score (nSPS) is 12.1. The van der Waals surface area contributed by atoms with Crippen molar-refractivity contribution < 1.29 is 22.4 Å². The number of nitrogens with zero attached hydrogens (tertiary/aromatic N) is 2. The predicted octanol–water partition coefficient (Wildman–Crippen LogP) is 3.66. The molecule has 0 unspecified atom stereocenters. The highest BCUT2D eigenvalue weighted by Crippen LogP contribution is 2.32. The summed E-state index contributed by atoms with van der Waals surface area (Å²) in [4.78, 5) is 32.9. The number of aryl methyl sites for hydroxylation is 1. The summed E-state index contributed by atoms with van der Waals surface area (Å²) >= 11 is 0. The topological polar surface area (TPSA) is 122 Å². The molecule has 4 aromatic rings. The molecule has 2 aromatic heterocycles. The van der Waals surface area contributed by atoms with Crippen LogP contribution in [0.2, 0.25) is 0 Å².